The van der Waals surface area contributed by atoms with E-state index in [9.17, 15) is 9.59 Å². The molecule has 2 heterocycles. The summed E-state index contributed by atoms with van der Waals surface area (Å²) in [6.07, 6.45) is 2.74. The number of piperidine rings is 1. The Bertz CT molecular complexity index is 693. The molecule has 140 valence electrons. The number of hydrogen-bond donors (Lipinski definition) is 0. The van der Waals surface area contributed by atoms with Gasteiger partial charge in [-0.25, -0.2) is 0 Å². The highest BCUT2D eigenvalue weighted by Gasteiger charge is 2.36. The van der Waals surface area contributed by atoms with E-state index in [-0.39, 0.29) is 29.9 Å². The van der Waals surface area contributed by atoms with Crippen molar-refractivity contribution in [2.24, 2.45) is 5.92 Å². The van der Waals surface area contributed by atoms with Gasteiger partial charge in [-0.1, -0.05) is 36.4 Å². The minimum atomic E-state index is -0.224. The molecule has 6 heteroatoms. The molecule has 5 nitrogen and oxygen atoms in total. The molecule has 0 bridgehead atoms. The molecule has 0 spiro atoms. The van der Waals surface area contributed by atoms with Crippen LogP contribution in [-0.2, 0) is 14.3 Å². The summed E-state index contributed by atoms with van der Waals surface area (Å²) < 4.78 is 5.95. The molecule has 1 unspecified atom stereocenters. The first-order valence-electron chi connectivity index (χ1n) is 9.09. The molecule has 0 radical (unpaired) electrons. The number of halogens is 1. The van der Waals surface area contributed by atoms with Gasteiger partial charge in [0.25, 0.3) is 0 Å². The molecule has 2 aliphatic rings. The van der Waals surface area contributed by atoms with Crippen LogP contribution in [0.1, 0.15) is 31.4 Å². The lowest BCUT2D eigenvalue weighted by Crippen LogP contribution is -2.53. The number of nitrogens with zero attached hydrogens (tertiary/aromatic N) is 2. The molecular formula is C20H25ClN2O3. The van der Waals surface area contributed by atoms with Gasteiger partial charge in [-0.15, -0.1) is 0 Å². The number of rotatable bonds is 3. The molecule has 2 fully saturated rings. The van der Waals surface area contributed by atoms with Crippen molar-refractivity contribution in [3.05, 3.63) is 47.5 Å². The zero-order valence-corrected chi connectivity index (χ0v) is 15.8. The van der Waals surface area contributed by atoms with E-state index in [4.69, 9.17) is 16.3 Å². The van der Waals surface area contributed by atoms with Gasteiger partial charge < -0.3 is 14.5 Å². The normalized spacial score (nSPS) is 26.5. The van der Waals surface area contributed by atoms with Crippen LogP contribution in [0, 0.1) is 5.92 Å². The van der Waals surface area contributed by atoms with Gasteiger partial charge in [0.1, 0.15) is 6.10 Å². The number of likely N-dealkylation sites (tertiary alicyclic amines) is 1. The second kappa shape index (κ2) is 8.23. The number of hydrogen-bond acceptors (Lipinski definition) is 3. The first-order valence-corrected chi connectivity index (χ1v) is 9.47. The summed E-state index contributed by atoms with van der Waals surface area (Å²) >= 11 is 6.30. The summed E-state index contributed by atoms with van der Waals surface area (Å²) in [5.41, 5.74) is 0.908. The largest absolute Gasteiger partial charge is 0.369 e. The van der Waals surface area contributed by atoms with E-state index in [0.717, 1.165) is 18.4 Å². The summed E-state index contributed by atoms with van der Waals surface area (Å²) in [5.74, 6) is -0.175. The van der Waals surface area contributed by atoms with Crippen LogP contribution < -0.4 is 0 Å². The number of ether oxygens (including phenoxy) is 1. The second-order valence-corrected chi connectivity index (χ2v) is 7.42. The van der Waals surface area contributed by atoms with Crippen molar-refractivity contribution in [1.29, 1.82) is 0 Å². The summed E-state index contributed by atoms with van der Waals surface area (Å²) in [4.78, 5) is 28.7. The Balaban J connectivity index is 1.72. The van der Waals surface area contributed by atoms with Gasteiger partial charge in [-0.3, -0.25) is 9.59 Å². The maximum atomic E-state index is 13.2. The highest BCUT2D eigenvalue weighted by atomic mass is 35.5. The third-order valence-corrected chi connectivity index (χ3v) is 5.57. The first kappa shape index (κ1) is 18.9. The van der Waals surface area contributed by atoms with E-state index >= 15 is 0 Å². The van der Waals surface area contributed by atoms with Gasteiger partial charge in [0, 0.05) is 23.7 Å². The Morgan fingerprint density at radius 3 is 2.81 bits per heavy atom. The van der Waals surface area contributed by atoms with Crippen LogP contribution in [0.2, 0.25) is 5.02 Å². The Labute approximate surface area is 159 Å². The molecular weight excluding hydrogens is 352 g/mol. The van der Waals surface area contributed by atoms with Crippen molar-refractivity contribution in [2.45, 2.75) is 31.9 Å². The van der Waals surface area contributed by atoms with Crippen LogP contribution in [0.4, 0.5) is 0 Å². The maximum Gasteiger partial charge on any atom is 0.245 e. The van der Waals surface area contributed by atoms with Crippen LogP contribution in [0.25, 0.3) is 0 Å². The van der Waals surface area contributed by atoms with Crippen LogP contribution in [0.15, 0.2) is 36.9 Å². The van der Waals surface area contributed by atoms with Gasteiger partial charge in [0.15, 0.2) is 0 Å². The lowest BCUT2D eigenvalue weighted by atomic mass is 9.95. The predicted octanol–water partition coefficient (Wildman–Crippen LogP) is 3.05. The van der Waals surface area contributed by atoms with Gasteiger partial charge in [-0.2, -0.15) is 0 Å². The number of carbonyl (C=O) groups excluding carboxylic acids is 2. The Morgan fingerprint density at radius 2 is 2.08 bits per heavy atom. The SMILES string of the molecule is C=CC(=O)N1CCCC(C(=O)N2C[C@H](c3ccccc3Cl)OC[C@H]2C)C1. The van der Waals surface area contributed by atoms with Crippen LogP contribution in [-0.4, -0.2) is 53.9 Å². The third kappa shape index (κ3) is 3.94. The molecule has 0 saturated carbocycles. The van der Waals surface area contributed by atoms with E-state index in [1.165, 1.54) is 6.08 Å². The van der Waals surface area contributed by atoms with Gasteiger partial charge in [0.05, 0.1) is 25.1 Å². The Hall–Kier alpha value is -1.85. The van der Waals surface area contributed by atoms with Crippen molar-refractivity contribution in [2.75, 3.05) is 26.2 Å². The predicted molar refractivity (Wildman–Crippen MR) is 101 cm³/mol. The topological polar surface area (TPSA) is 49.9 Å². The van der Waals surface area contributed by atoms with Gasteiger partial charge >= 0.3 is 0 Å². The Morgan fingerprint density at radius 1 is 1.31 bits per heavy atom. The summed E-state index contributed by atoms with van der Waals surface area (Å²) in [6, 6.07) is 7.59. The average Bonchev–Trinajstić information content (AvgIpc) is 2.68. The van der Waals surface area contributed by atoms with Crippen molar-refractivity contribution < 1.29 is 14.3 Å². The lowest BCUT2D eigenvalue weighted by Gasteiger charge is -2.41. The van der Waals surface area contributed by atoms with Crippen molar-refractivity contribution in [3.63, 3.8) is 0 Å². The number of morpholine rings is 1. The van der Waals surface area contributed by atoms with E-state index in [0.29, 0.717) is 31.3 Å². The molecule has 0 aromatic heterocycles. The second-order valence-electron chi connectivity index (χ2n) is 7.01. The minimum absolute atomic E-state index is 0.00622. The zero-order valence-electron chi connectivity index (χ0n) is 15.1. The molecule has 3 rings (SSSR count). The molecule has 3 atom stereocenters. The highest BCUT2D eigenvalue weighted by Crippen LogP contribution is 2.31. The van der Waals surface area contributed by atoms with Gasteiger partial charge in [0.2, 0.25) is 11.8 Å². The number of benzene rings is 1. The fourth-order valence-corrected chi connectivity index (χ4v) is 3.99. The molecule has 1 aromatic carbocycles. The fraction of sp³-hybridized carbons (Fsp3) is 0.500. The molecule has 2 amide bonds. The zero-order chi connectivity index (χ0) is 18.7. The number of amides is 2. The maximum absolute atomic E-state index is 13.2. The lowest BCUT2D eigenvalue weighted by molar-refractivity contribution is -0.151. The minimum Gasteiger partial charge on any atom is -0.369 e. The van der Waals surface area contributed by atoms with Gasteiger partial charge in [-0.05, 0) is 31.9 Å². The third-order valence-electron chi connectivity index (χ3n) is 5.23. The molecule has 2 saturated heterocycles. The van der Waals surface area contributed by atoms with E-state index in [2.05, 4.69) is 6.58 Å². The molecule has 0 N–H and O–H groups in total. The summed E-state index contributed by atoms with van der Waals surface area (Å²) in [5, 5.41) is 0.653. The molecule has 2 aliphatic heterocycles. The average molecular weight is 377 g/mol. The highest BCUT2D eigenvalue weighted by molar-refractivity contribution is 6.31. The molecule has 1 aromatic rings. The van der Waals surface area contributed by atoms with Crippen LogP contribution in [0.5, 0.6) is 0 Å². The van der Waals surface area contributed by atoms with E-state index in [1.807, 2.05) is 36.1 Å². The van der Waals surface area contributed by atoms with E-state index < -0.39 is 0 Å². The smallest absolute Gasteiger partial charge is 0.245 e. The van der Waals surface area contributed by atoms with E-state index in [1.54, 1.807) is 4.90 Å². The van der Waals surface area contributed by atoms with Crippen molar-refractivity contribution >= 4 is 23.4 Å². The van der Waals surface area contributed by atoms with Crippen molar-refractivity contribution in [3.8, 4) is 0 Å². The van der Waals surface area contributed by atoms with Crippen molar-refractivity contribution in [1.82, 2.24) is 9.80 Å². The molecule has 0 aliphatic carbocycles. The molecule has 26 heavy (non-hydrogen) atoms. The first-order chi connectivity index (χ1) is 12.5. The van der Waals surface area contributed by atoms with Crippen LogP contribution >= 0.6 is 11.6 Å². The summed E-state index contributed by atoms with van der Waals surface area (Å²) in [7, 11) is 0. The summed E-state index contributed by atoms with van der Waals surface area (Å²) in [6.45, 7) is 7.65. The standard InChI is InChI=1S/C20H25ClN2O3/c1-3-19(24)22-10-6-7-15(11-22)20(25)23-12-18(26-13-14(23)2)16-8-4-5-9-17(16)21/h3-5,8-9,14-15,18H,1,6-7,10-13H2,2H3/t14-,15?,18-/m1/s1. The Kier molecular flexibility index (Phi) is 5.99. The monoisotopic (exact) mass is 376 g/mol. The quantitative estimate of drug-likeness (QED) is 0.762. The van der Waals surface area contributed by atoms with Crippen LogP contribution in [0.3, 0.4) is 0 Å². The number of carbonyl (C=O) groups is 2. The fourth-order valence-electron chi connectivity index (χ4n) is 3.73.